The Labute approximate surface area is 106 Å². The predicted molar refractivity (Wildman–Crippen MR) is 69.0 cm³/mol. The van der Waals surface area contributed by atoms with E-state index in [9.17, 15) is 4.79 Å². The standard InChI is InChI=1S/C12H18N2O2S/c1-10(15)13-8-12(11-2-5-16-9-11)14-3-6-17-7-4-14/h2,5,9,12H,3-4,6-8H2,1H3,(H,13,15)/t12-/m1/s1. The molecule has 1 atom stereocenters. The molecule has 0 aromatic carbocycles. The van der Waals surface area contributed by atoms with Crippen LogP contribution < -0.4 is 5.32 Å². The van der Waals surface area contributed by atoms with Gasteiger partial charge in [-0.25, -0.2) is 0 Å². The fourth-order valence-electron chi connectivity index (χ4n) is 2.05. The number of carbonyl (C=O) groups excluding carboxylic acids is 1. The van der Waals surface area contributed by atoms with Crippen LogP contribution in [0.25, 0.3) is 0 Å². The van der Waals surface area contributed by atoms with Gasteiger partial charge < -0.3 is 9.73 Å². The first-order chi connectivity index (χ1) is 8.27. The van der Waals surface area contributed by atoms with Crippen LogP contribution in [0.5, 0.6) is 0 Å². The van der Waals surface area contributed by atoms with Gasteiger partial charge >= 0.3 is 0 Å². The zero-order valence-electron chi connectivity index (χ0n) is 10.0. The Bertz CT molecular complexity index is 347. The van der Waals surface area contributed by atoms with Gasteiger partial charge in [0.25, 0.3) is 0 Å². The normalized spacial score (nSPS) is 18.9. The molecular formula is C12H18N2O2S. The number of furan rings is 1. The second-order valence-electron chi connectivity index (χ2n) is 4.16. The van der Waals surface area contributed by atoms with Gasteiger partial charge in [0.2, 0.25) is 5.91 Å². The molecule has 1 aromatic rings. The molecule has 2 rings (SSSR count). The molecule has 17 heavy (non-hydrogen) atoms. The number of amides is 1. The van der Waals surface area contributed by atoms with Crippen molar-refractivity contribution in [2.24, 2.45) is 0 Å². The van der Waals surface area contributed by atoms with E-state index in [0.717, 1.165) is 30.2 Å². The van der Waals surface area contributed by atoms with Gasteiger partial charge in [-0.3, -0.25) is 9.69 Å². The molecule has 0 bridgehead atoms. The van der Waals surface area contributed by atoms with Crippen LogP contribution in [-0.4, -0.2) is 41.9 Å². The second kappa shape index (κ2) is 6.12. The lowest BCUT2D eigenvalue weighted by atomic mass is 10.1. The Balaban J connectivity index is 2.03. The van der Waals surface area contributed by atoms with Crippen LogP contribution in [0, 0.1) is 0 Å². The molecule has 1 aliphatic heterocycles. The molecule has 5 heteroatoms. The molecule has 0 spiro atoms. The lowest BCUT2D eigenvalue weighted by Crippen LogP contribution is -2.41. The highest BCUT2D eigenvalue weighted by molar-refractivity contribution is 7.99. The highest BCUT2D eigenvalue weighted by Gasteiger charge is 2.23. The molecule has 0 saturated carbocycles. The Hall–Kier alpha value is -0.940. The van der Waals surface area contributed by atoms with E-state index in [1.54, 1.807) is 19.5 Å². The molecule has 0 aliphatic carbocycles. The lowest BCUT2D eigenvalue weighted by Gasteiger charge is -2.33. The molecular weight excluding hydrogens is 236 g/mol. The minimum atomic E-state index is 0.0184. The summed E-state index contributed by atoms with van der Waals surface area (Å²) in [7, 11) is 0. The van der Waals surface area contributed by atoms with Crippen LogP contribution >= 0.6 is 11.8 Å². The summed E-state index contributed by atoms with van der Waals surface area (Å²) in [5, 5.41) is 2.90. The maximum Gasteiger partial charge on any atom is 0.216 e. The molecule has 2 heterocycles. The summed E-state index contributed by atoms with van der Waals surface area (Å²) in [6.07, 6.45) is 3.46. The van der Waals surface area contributed by atoms with E-state index in [4.69, 9.17) is 4.42 Å². The van der Waals surface area contributed by atoms with Crippen LogP contribution in [0.15, 0.2) is 23.0 Å². The van der Waals surface area contributed by atoms with Gasteiger partial charge in [-0.05, 0) is 6.07 Å². The Morgan fingerprint density at radius 1 is 1.59 bits per heavy atom. The minimum absolute atomic E-state index is 0.0184. The van der Waals surface area contributed by atoms with Crippen molar-refractivity contribution < 1.29 is 9.21 Å². The van der Waals surface area contributed by atoms with Crippen LogP contribution in [0.1, 0.15) is 18.5 Å². The summed E-state index contributed by atoms with van der Waals surface area (Å²) in [5.74, 6) is 2.34. The van der Waals surface area contributed by atoms with Gasteiger partial charge in [0, 0.05) is 43.6 Å². The number of hydrogen-bond acceptors (Lipinski definition) is 4. The van der Waals surface area contributed by atoms with Crippen molar-refractivity contribution in [1.29, 1.82) is 0 Å². The van der Waals surface area contributed by atoms with Crippen molar-refractivity contribution in [2.45, 2.75) is 13.0 Å². The molecule has 1 N–H and O–H groups in total. The fraction of sp³-hybridized carbons (Fsp3) is 0.583. The molecule has 4 nitrogen and oxygen atoms in total. The first-order valence-electron chi connectivity index (χ1n) is 5.85. The van der Waals surface area contributed by atoms with Gasteiger partial charge in [0.05, 0.1) is 18.6 Å². The molecule has 94 valence electrons. The number of hydrogen-bond donors (Lipinski definition) is 1. The second-order valence-corrected chi connectivity index (χ2v) is 5.38. The first kappa shape index (κ1) is 12.5. The Morgan fingerprint density at radius 3 is 2.94 bits per heavy atom. The number of rotatable bonds is 4. The Morgan fingerprint density at radius 2 is 2.35 bits per heavy atom. The maximum absolute atomic E-state index is 11.0. The smallest absolute Gasteiger partial charge is 0.216 e. The average Bonchev–Trinajstić information content (AvgIpc) is 2.84. The van der Waals surface area contributed by atoms with Gasteiger partial charge in [0.15, 0.2) is 0 Å². The van der Waals surface area contributed by atoms with Crippen molar-refractivity contribution in [3.05, 3.63) is 24.2 Å². The third-order valence-corrected chi connectivity index (χ3v) is 3.90. The summed E-state index contributed by atoms with van der Waals surface area (Å²) in [6.45, 7) is 4.35. The predicted octanol–water partition coefficient (Wildman–Crippen LogP) is 1.51. The summed E-state index contributed by atoms with van der Waals surface area (Å²) >= 11 is 1.99. The molecule has 1 fully saturated rings. The van der Waals surface area contributed by atoms with E-state index in [1.807, 2.05) is 17.8 Å². The summed E-state index contributed by atoms with van der Waals surface area (Å²) in [4.78, 5) is 13.5. The van der Waals surface area contributed by atoms with Crippen molar-refractivity contribution in [3.63, 3.8) is 0 Å². The maximum atomic E-state index is 11.0. The summed E-state index contributed by atoms with van der Waals surface area (Å²) in [6, 6.07) is 2.22. The molecule has 1 amide bonds. The third kappa shape index (κ3) is 3.51. The van der Waals surface area contributed by atoms with Crippen molar-refractivity contribution in [1.82, 2.24) is 10.2 Å². The summed E-state index contributed by atoms with van der Waals surface area (Å²) in [5.41, 5.74) is 1.14. The first-order valence-corrected chi connectivity index (χ1v) is 7.01. The number of nitrogens with one attached hydrogen (secondary N) is 1. The minimum Gasteiger partial charge on any atom is -0.472 e. The zero-order chi connectivity index (χ0) is 12.1. The van der Waals surface area contributed by atoms with Crippen LogP contribution in [0.4, 0.5) is 0 Å². The van der Waals surface area contributed by atoms with E-state index in [1.165, 1.54) is 0 Å². The van der Waals surface area contributed by atoms with E-state index < -0.39 is 0 Å². The number of thioether (sulfide) groups is 1. The topological polar surface area (TPSA) is 45.5 Å². The van der Waals surface area contributed by atoms with Gasteiger partial charge in [-0.2, -0.15) is 11.8 Å². The molecule has 1 aromatic heterocycles. The largest absolute Gasteiger partial charge is 0.472 e. The van der Waals surface area contributed by atoms with Gasteiger partial charge in [0.1, 0.15) is 0 Å². The molecule has 1 saturated heterocycles. The SMILES string of the molecule is CC(=O)NC[C@H](c1ccoc1)N1CCSCC1. The highest BCUT2D eigenvalue weighted by Crippen LogP contribution is 2.23. The fourth-order valence-corrected chi connectivity index (χ4v) is 2.98. The third-order valence-electron chi connectivity index (χ3n) is 2.96. The number of carbonyl (C=O) groups is 1. The zero-order valence-corrected chi connectivity index (χ0v) is 10.8. The van der Waals surface area contributed by atoms with Crippen molar-refractivity contribution >= 4 is 17.7 Å². The average molecular weight is 254 g/mol. The van der Waals surface area contributed by atoms with Crippen molar-refractivity contribution in [2.75, 3.05) is 31.1 Å². The van der Waals surface area contributed by atoms with Crippen LogP contribution in [0.3, 0.4) is 0 Å². The lowest BCUT2D eigenvalue weighted by molar-refractivity contribution is -0.119. The molecule has 0 unspecified atom stereocenters. The molecule has 0 radical (unpaired) electrons. The van der Waals surface area contributed by atoms with E-state index >= 15 is 0 Å². The van der Waals surface area contributed by atoms with Crippen molar-refractivity contribution in [3.8, 4) is 0 Å². The quantitative estimate of drug-likeness (QED) is 0.884. The Kier molecular flexibility index (Phi) is 4.50. The highest BCUT2D eigenvalue weighted by atomic mass is 32.2. The molecule has 1 aliphatic rings. The monoisotopic (exact) mass is 254 g/mol. The van der Waals surface area contributed by atoms with Gasteiger partial charge in [-0.15, -0.1) is 0 Å². The van der Waals surface area contributed by atoms with Gasteiger partial charge in [-0.1, -0.05) is 0 Å². The summed E-state index contributed by atoms with van der Waals surface area (Å²) < 4.78 is 5.15. The number of nitrogens with zero attached hydrogens (tertiary/aromatic N) is 1. The van der Waals surface area contributed by atoms with E-state index in [0.29, 0.717) is 6.54 Å². The van der Waals surface area contributed by atoms with Crippen LogP contribution in [-0.2, 0) is 4.79 Å². The van der Waals surface area contributed by atoms with Crippen LogP contribution in [0.2, 0.25) is 0 Å². The van der Waals surface area contributed by atoms with E-state index in [2.05, 4.69) is 10.2 Å². The van der Waals surface area contributed by atoms with E-state index in [-0.39, 0.29) is 11.9 Å².